The maximum atomic E-state index is 13.1. The highest BCUT2D eigenvalue weighted by atomic mass is 16.3. The summed E-state index contributed by atoms with van der Waals surface area (Å²) in [4.78, 5) is 13.1. The lowest BCUT2D eigenvalue weighted by Gasteiger charge is -2.34. The molecule has 7 atom stereocenters. The first-order valence-electron chi connectivity index (χ1n) is 9.17. The number of carbonyl (C=O) groups is 1. The molecular formula is C20H30O5. The average Bonchev–Trinajstić information content (AvgIpc) is 2.94. The molecule has 140 valence electrons. The molecular weight excluding hydrogens is 320 g/mol. The number of aliphatic hydroxyl groups excluding tert-OH is 3. The number of fused-ring (bicyclic) bond motifs is 2. The lowest BCUT2D eigenvalue weighted by atomic mass is 9.77. The molecule has 0 unspecified atom stereocenters. The molecule has 3 aliphatic carbocycles. The summed E-state index contributed by atoms with van der Waals surface area (Å²) in [7, 11) is 0. The largest absolute Gasteiger partial charge is 0.392 e. The minimum absolute atomic E-state index is 0.0489. The molecule has 0 bridgehead atoms. The van der Waals surface area contributed by atoms with Crippen LogP contribution in [0.25, 0.3) is 0 Å². The number of rotatable bonds is 1. The Hall–Kier alpha value is -1.01. The van der Waals surface area contributed by atoms with E-state index in [4.69, 9.17) is 0 Å². The average molecular weight is 350 g/mol. The van der Waals surface area contributed by atoms with Crippen LogP contribution in [-0.4, -0.2) is 50.6 Å². The van der Waals surface area contributed by atoms with Crippen molar-refractivity contribution in [3.63, 3.8) is 0 Å². The summed E-state index contributed by atoms with van der Waals surface area (Å²) in [5.74, 6) is -1.19. The van der Waals surface area contributed by atoms with E-state index in [-0.39, 0.29) is 30.3 Å². The van der Waals surface area contributed by atoms with Crippen LogP contribution in [0.1, 0.15) is 40.5 Å². The molecule has 0 spiro atoms. The van der Waals surface area contributed by atoms with E-state index in [1.165, 1.54) is 0 Å². The molecule has 3 rings (SSSR count). The first-order chi connectivity index (χ1) is 11.6. The first kappa shape index (κ1) is 18.8. The third kappa shape index (κ3) is 2.72. The lowest BCUT2D eigenvalue weighted by Crippen LogP contribution is -2.51. The predicted octanol–water partition coefficient (Wildman–Crippen LogP) is 1.21. The number of carbonyl (C=O) groups excluding carboxylic acids is 1. The van der Waals surface area contributed by atoms with Crippen molar-refractivity contribution < 1.29 is 25.2 Å². The summed E-state index contributed by atoms with van der Waals surface area (Å²) in [6.07, 6.45) is 2.33. The minimum atomic E-state index is -1.81. The fraction of sp³-hybridized carbons (Fsp3) is 0.750. The van der Waals surface area contributed by atoms with Crippen LogP contribution < -0.4 is 0 Å². The molecule has 5 nitrogen and oxygen atoms in total. The summed E-state index contributed by atoms with van der Waals surface area (Å²) >= 11 is 0. The number of allylic oxidation sites excluding steroid dienone is 2. The fourth-order valence-corrected chi connectivity index (χ4v) is 5.12. The summed E-state index contributed by atoms with van der Waals surface area (Å²) in [5, 5.41) is 42.3. The molecule has 0 radical (unpaired) electrons. The second kappa shape index (κ2) is 6.02. The van der Waals surface area contributed by atoms with Gasteiger partial charge in [-0.1, -0.05) is 32.9 Å². The van der Waals surface area contributed by atoms with E-state index < -0.39 is 29.5 Å². The Kier molecular flexibility index (Phi) is 4.52. The summed E-state index contributed by atoms with van der Waals surface area (Å²) < 4.78 is 0. The number of hydrogen-bond acceptors (Lipinski definition) is 5. The number of Topliss-reactive ketones (excluding diaryl/α,β-unsaturated/α-hetero) is 1. The van der Waals surface area contributed by atoms with Crippen molar-refractivity contribution >= 4 is 5.78 Å². The molecule has 0 aliphatic heterocycles. The summed E-state index contributed by atoms with van der Waals surface area (Å²) in [6.45, 7) is 7.41. The van der Waals surface area contributed by atoms with E-state index in [0.717, 1.165) is 0 Å². The van der Waals surface area contributed by atoms with Crippen molar-refractivity contribution in [1.82, 2.24) is 0 Å². The van der Waals surface area contributed by atoms with Crippen LogP contribution in [0.2, 0.25) is 0 Å². The van der Waals surface area contributed by atoms with Gasteiger partial charge in [0.2, 0.25) is 0 Å². The normalized spacial score (nSPS) is 48.6. The van der Waals surface area contributed by atoms with Gasteiger partial charge in [0.1, 0.15) is 5.60 Å². The van der Waals surface area contributed by atoms with Crippen molar-refractivity contribution in [2.24, 2.45) is 29.1 Å². The highest BCUT2D eigenvalue weighted by molar-refractivity contribution is 6.02. The van der Waals surface area contributed by atoms with Crippen molar-refractivity contribution in [2.45, 2.75) is 58.3 Å². The third-order valence-corrected chi connectivity index (χ3v) is 6.99. The SMILES string of the molecule is C/C1=C\[C@@H]2[C@H](CC=C(CO)[C@@H](O)[C@@H]3[C@@H](O)[C@@H](C)C[C@]3(O)C1=O)C2(C)C. The summed E-state index contributed by atoms with van der Waals surface area (Å²) in [5.41, 5.74) is -0.890. The topological polar surface area (TPSA) is 98.0 Å². The van der Waals surface area contributed by atoms with Crippen molar-refractivity contribution in [1.29, 1.82) is 0 Å². The van der Waals surface area contributed by atoms with E-state index >= 15 is 0 Å². The zero-order valence-corrected chi connectivity index (χ0v) is 15.4. The van der Waals surface area contributed by atoms with Crippen LogP contribution in [0, 0.1) is 29.1 Å². The van der Waals surface area contributed by atoms with Crippen molar-refractivity contribution in [2.75, 3.05) is 6.61 Å². The second-order valence-corrected chi connectivity index (χ2v) is 8.87. The molecule has 0 amide bonds. The molecule has 2 saturated carbocycles. The molecule has 25 heavy (non-hydrogen) atoms. The summed E-state index contributed by atoms with van der Waals surface area (Å²) in [6, 6.07) is 0. The van der Waals surface area contributed by atoms with Gasteiger partial charge in [-0.25, -0.2) is 0 Å². The molecule has 4 N–H and O–H groups in total. The van der Waals surface area contributed by atoms with Gasteiger partial charge in [0.25, 0.3) is 0 Å². The number of ketones is 1. The molecule has 5 heteroatoms. The van der Waals surface area contributed by atoms with Crippen LogP contribution in [0.4, 0.5) is 0 Å². The zero-order chi connectivity index (χ0) is 18.7. The van der Waals surface area contributed by atoms with Crippen LogP contribution >= 0.6 is 0 Å². The van der Waals surface area contributed by atoms with E-state index in [1.54, 1.807) is 13.8 Å². The van der Waals surface area contributed by atoms with E-state index in [2.05, 4.69) is 13.8 Å². The zero-order valence-electron chi connectivity index (χ0n) is 15.4. The monoisotopic (exact) mass is 350 g/mol. The van der Waals surface area contributed by atoms with Gasteiger partial charge in [-0.2, -0.15) is 0 Å². The Morgan fingerprint density at radius 3 is 2.52 bits per heavy atom. The molecule has 0 aromatic rings. The Morgan fingerprint density at radius 2 is 1.92 bits per heavy atom. The van der Waals surface area contributed by atoms with Crippen LogP contribution in [0.5, 0.6) is 0 Å². The van der Waals surface area contributed by atoms with E-state index in [1.807, 2.05) is 12.2 Å². The lowest BCUT2D eigenvalue weighted by molar-refractivity contribution is -0.144. The smallest absolute Gasteiger partial charge is 0.190 e. The van der Waals surface area contributed by atoms with Gasteiger partial charge in [-0.15, -0.1) is 0 Å². The van der Waals surface area contributed by atoms with E-state index in [9.17, 15) is 25.2 Å². The molecule has 0 saturated heterocycles. The third-order valence-electron chi connectivity index (χ3n) is 6.99. The molecule has 0 aromatic heterocycles. The van der Waals surface area contributed by atoms with Crippen molar-refractivity contribution in [3.8, 4) is 0 Å². The second-order valence-electron chi connectivity index (χ2n) is 8.87. The van der Waals surface area contributed by atoms with Crippen molar-refractivity contribution in [3.05, 3.63) is 23.3 Å². The first-order valence-corrected chi connectivity index (χ1v) is 9.17. The molecule has 3 aliphatic rings. The molecule has 0 heterocycles. The van der Waals surface area contributed by atoms with Gasteiger partial charge >= 0.3 is 0 Å². The van der Waals surface area contributed by atoms with Gasteiger partial charge in [0.05, 0.1) is 24.7 Å². The Bertz CT molecular complexity index is 634. The number of aliphatic hydroxyl groups is 4. The van der Waals surface area contributed by atoms with E-state index in [0.29, 0.717) is 23.5 Å². The standard InChI is InChI=1S/C20H30O5/c1-10-7-14-13(19(14,3)4)6-5-12(9-21)17(23)15-16(22)11(2)8-20(15,25)18(10)24/h5,7,11,13-17,21-23,25H,6,8-9H2,1-4H3/b10-7+,12-5?/t11-,13-,14+,15-,16-,17+,20+/m0/s1. The Labute approximate surface area is 149 Å². The van der Waals surface area contributed by atoms with Gasteiger partial charge in [0.15, 0.2) is 5.78 Å². The van der Waals surface area contributed by atoms with Gasteiger partial charge in [-0.05, 0) is 54.1 Å². The van der Waals surface area contributed by atoms with Gasteiger partial charge in [0, 0.05) is 0 Å². The quantitative estimate of drug-likeness (QED) is 0.533. The predicted molar refractivity (Wildman–Crippen MR) is 93.5 cm³/mol. The van der Waals surface area contributed by atoms with Gasteiger partial charge < -0.3 is 20.4 Å². The Morgan fingerprint density at radius 1 is 1.28 bits per heavy atom. The van der Waals surface area contributed by atoms with Crippen LogP contribution in [0.3, 0.4) is 0 Å². The Balaban J connectivity index is 2.10. The fourth-order valence-electron chi connectivity index (χ4n) is 5.12. The van der Waals surface area contributed by atoms with Gasteiger partial charge in [-0.3, -0.25) is 4.79 Å². The molecule has 2 fully saturated rings. The maximum absolute atomic E-state index is 13.1. The van der Waals surface area contributed by atoms with Crippen LogP contribution in [0.15, 0.2) is 23.3 Å². The van der Waals surface area contributed by atoms with Crippen LogP contribution in [-0.2, 0) is 4.79 Å². The number of hydrogen-bond donors (Lipinski definition) is 4. The maximum Gasteiger partial charge on any atom is 0.190 e. The highest BCUT2D eigenvalue weighted by Crippen LogP contribution is 2.61. The highest BCUT2D eigenvalue weighted by Gasteiger charge is 2.60. The minimum Gasteiger partial charge on any atom is -0.392 e. The molecule has 0 aromatic carbocycles.